The number of hydrogen-bond acceptors (Lipinski definition) is 5. The van der Waals surface area contributed by atoms with E-state index in [9.17, 15) is 13.2 Å². The van der Waals surface area contributed by atoms with E-state index in [0.717, 1.165) is 0 Å². The fourth-order valence-corrected chi connectivity index (χ4v) is 2.83. The molecule has 0 radical (unpaired) electrons. The zero-order chi connectivity index (χ0) is 13.6. The first-order chi connectivity index (χ1) is 7.78. The SMILES string of the molecule is CC(C)C(C(=O)O)S(=O)(=O)C(N=[N+]=[N-])N=[N+]=[N-]. The van der Waals surface area contributed by atoms with Gasteiger partial charge in [-0.15, -0.1) is 0 Å². The molecule has 0 saturated carbocycles. The highest BCUT2D eigenvalue weighted by Gasteiger charge is 2.40. The number of aliphatic carboxylic acids is 1. The molecule has 0 aromatic heterocycles. The molecule has 0 fully saturated rings. The van der Waals surface area contributed by atoms with Crippen LogP contribution in [0.25, 0.3) is 20.9 Å². The third-order valence-corrected chi connectivity index (χ3v) is 4.03. The highest BCUT2D eigenvalue weighted by molar-refractivity contribution is 7.93. The molecule has 1 unspecified atom stereocenters. The van der Waals surface area contributed by atoms with Crippen LogP contribution in [0, 0.1) is 5.92 Å². The van der Waals surface area contributed by atoms with E-state index in [2.05, 4.69) is 20.1 Å². The molecule has 0 amide bonds. The second-order valence-corrected chi connectivity index (χ2v) is 5.44. The summed E-state index contributed by atoms with van der Waals surface area (Å²) < 4.78 is 23.6. The second kappa shape index (κ2) is 5.94. The first-order valence-electron chi connectivity index (χ1n) is 4.33. The van der Waals surface area contributed by atoms with Gasteiger partial charge in [-0.25, -0.2) is 8.42 Å². The molecule has 1 N–H and O–H groups in total. The van der Waals surface area contributed by atoms with Gasteiger partial charge in [0.05, 0.1) is 0 Å². The number of nitrogens with zero attached hydrogens (tertiary/aromatic N) is 6. The average molecular weight is 262 g/mol. The highest BCUT2D eigenvalue weighted by atomic mass is 32.2. The van der Waals surface area contributed by atoms with Crippen LogP contribution in [0.1, 0.15) is 13.8 Å². The Labute approximate surface area is 96.4 Å². The van der Waals surface area contributed by atoms with Crippen molar-refractivity contribution in [3.8, 4) is 0 Å². The quantitative estimate of drug-likeness (QED) is 0.433. The predicted molar refractivity (Wildman–Crippen MR) is 57.3 cm³/mol. The van der Waals surface area contributed by atoms with E-state index in [1.165, 1.54) is 13.8 Å². The minimum atomic E-state index is -4.43. The smallest absolute Gasteiger partial charge is 0.322 e. The summed E-state index contributed by atoms with van der Waals surface area (Å²) in [6, 6.07) is 0. The summed E-state index contributed by atoms with van der Waals surface area (Å²) in [5.41, 5.74) is 14.2. The maximum Gasteiger partial charge on any atom is 0.322 e. The van der Waals surface area contributed by atoms with E-state index in [-0.39, 0.29) is 0 Å². The van der Waals surface area contributed by atoms with E-state index in [0.29, 0.717) is 0 Å². The summed E-state index contributed by atoms with van der Waals surface area (Å²) >= 11 is 0. The van der Waals surface area contributed by atoms with E-state index in [1.807, 2.05) is 0 Å². The fourth-order valence-electron chi connectivity index (χ4n) is 1.18. The van der Waals surface area contributed by atoms with Gasteiger partial charge in [-0.2, -0.15) is 0 Å². The maximum absolute atomic E-state index is 11.8. The Morgan fingerprint density at radius 3 is 1.88 bits per heavy atom. The van der Waals surface area contributed by atoms with Crippen molar-refractivity contribution < 1.29 is 18.3 Å². The number of carboxylic acids is 1. The molecule has 0 aliphatic carbocycles. The molecule has 11 heteroatoms. The molecule has 0 aromatic carbocycles. The van der Waals surface area contributed by atoms with Crippen LogP contribution in [0.4, 0.5) is 0 Å². The van der Waals surface area contributed by atoms with E-state index in [4.69, 9.17) is 16.2 Å². The summed E-state index contributed by atoms with van der Waals surface area (Å²) in [4.78, 5) is 15.3. The van der Waals surface area contributed by atoms with Crippen molar-refractivity contribution in [3.63, 3.8) is 0 Å². The number of azide groups is 1. The lowest BCUT2D eigenvalue weighted by Gasteiger charge is -2.18. The lowest BCUT2D eigenvalue weighted by Crippen LogP contribution is -2.39. The van der Waals surface area contributed by atoms with Gasteiger partial charge in [-0.1, -0.05) is 24.1 Å². The third-order valence-electron chi connectivity index (χ3n) is 1.80. The molecular formula is C6H10N6O4S. The number of hydrogen-bond donors (Lipinski definition) is 1. The lowest BCUT2D eigenvalue weighted by molar-refractivity contribution is -0.137. The number of carbonyl (C=O) groups is 1. The van der Waals surface area contributed by atoms with Crippen molar-refractivity contribution in [1.29, 1.82) is 0 Å². The zero-order valence-corrected chi connectivity index (χ0v) is 9.81. The Morgan fingerprint density at radius 1 is 1.24 bits per heavy atom. The van der Waals surface area contributed by atoms with Crippen LogP contribution in [-0.2, 0) is 14.6 Å². The van der Waals surface area contributed by atoms with Crippen LogP contribution in [-0.4, -0.2) is 30.2 Å². The van der Waals surface area contributed by atoms with Crippen molar-refractivity contribution >= 4 is 15.8 Å². The molecule has 0 aromatic rings. The summed E-state index contributed by atoms with van der Waals surface area (Å²) in [6.07, 6.45) is 0. The van der Waals surface area contributed by atoms with Crippen LogP contribution < -0.4 is 0 Å². The predicted octanol–water partition coefficient (Wildman–Crippen LogP) is 1.41. The Morgan fingerprint density at radius 2 is 1.65 bits per heavy atom. The summed E-state index contributed by atoms with van der Waals surface area (Å²) in [5.74, 6) is -2.35. The molecule has 0 aliphatic heterocycles. The monoisotopic (exact) mass is 262 g/mol. The molecule has 0 saturated heterocycles. The molecular weight excluding hydrogens is 252 g/mol. The molecule has 0 aliphatic rings. The Balaban J connectivity index is 5.70. The topological polar surface area (TPSA) is 169 Å². The van der Waals surface area contributed by atoms with Crippen LogP contribution in [0.5, 0.6) is 0 Å². The summed E-state index contributed by atoms with van der Waals surface area (Å²) in [7, 11) is -4.43. The van der Waals surface area contributed by atoms with Crippen LogP contribution in [0.2, 0.25) is 0 Å². The van der Waals surface area contributed by atoms with E-state index >= 15 is 0 Å². The van der Waals surface area contributed by atoms with Gasteiger partial charge in [0.1, 0.15) is 0 Å². The van der Waals surface area contributed by atoms with Crippen molar-refractivity contribution in [2.45, 2.75) is 24.6 Å². The van der Waals surface area contributed by atoms with Crippen LogP contribution in [0.15, 0.2) is 10.2 Å². The van der Waals surface area contributed by atoms with Crippen molar-refractivity contribution in [3.05, 3.63) is 20.9 Å². The molecule has 1 atom stereocenters. The third kappa shape index (κ3) is 3.52. The van der Waals surface area contributed by atoms with Crippen molar-refractivity contribution in [1.82, 2.24) is 0 Å². The van der Waals surface area contributed by atoms with Gasteiger partial charge in [0.15, 0.2) is 15.1 Å². The van der Waals surface area contributed by atoms with Gasteiger partial charge in [0, 0.05) is 9.82 Å². The minimum Gasteiger partial charge on any atom is -0.480 e. The van der Waals surface area contributed by atoms with Gasteiger partial charge >= 0.3 is 5.97 Å². The number of carboxylic acid groups (broad SMARTS) is 1. The standard InChI is InChI=1S/C6H10N6O4S/c1-3(2)4(5(13)14)17(15,16)6(9-11-7)10-12-8/h3-4,6H,1-2H3,(H,13,14). The molecule has 0 rings (SSSR count). The molecule has 17 heavy (non-hydrogen) atoms. The van der Waals surface area contributed by atoms with Gasteiger partial charge in [0.25, 0.3) is 0 Å². The first-order valence-corrected chi connectivity index (χ1v) is 5.94. The fraction of sp³-hybridized carbons (Fsp3) is 0.833. The molecule has 94 valence electrons. The van der Waals surface area contributed by atoms with Crippen LogP contribution >= 0.6 is 0 Å². The van der Waals surface area contributed by atoms with Crippen LogP contribution in [0.3, 0.4) is 0 Å². The summed E-state index contributed by atoms with van der Waals surface area (Å²) in [5, 5.41) is 12.6. The largest absolute Gasteiger partial charge is 0.480 e. The highest BCUT2D eigenvalue weighted by Crippen LogP contribution is 2.20. The van der Waals surface area contributed by atoms with Gasteiger partial charge in [-0.05, 0) is 17.0 Å². The van der Waals surface area contributed by atoms with E-state index in [1.54, 1.807) is 0 Å². The zero-order valence-electron chi connectivity index (χ0n) is 9.00. The Hall–Kier alpha value is -1.96. The normalized spacial score (nSPS) is 14.3. The number of sulfone groups is 1. The van der Waals surface area contributed by atoms with Gasteiger partial charge in [0.2, 0.25) is 5.50 Å². The molecule has 0 bridgehead atoms. The van der Waals surface area contributed by atoms with Crippen molar-refractivity contribution in [2.24, 2.45) is 16.1 Å². The molecule has 0 heterocycles. The van der Waals surface area contributed by atoms with Gasteiger partial charge < -0.3 is 5.11 Å². The second-order valence-electron chi connectivity index (χ2n) is 3.33. The minimum absolute atomic E-state index is 0.761. The van der Waals surface area contributed by atoms with Gasteiger partial charge in [-0.3, -0.25) is 4.79 Å². The maximum atomic E-state index is 11.8. The molecule has 10 nitrogen and oxygen atoms in total. The Kier molecular flexibility index (Phi) is 5.26. The van der Waals surface area contributed by atoms with E-state index < -0.39 is 32.5 Å². The summed E-state index contributed by atoms with van der Waals surface area (Å²) in [6.45, 7) is 2.75. The number of rotatable bonds is 6. The average Bonchev–Trinajstić information content (AvgIpc) is 2.15. The van der Waals surface area contributed by atoms with Crippen molar-refractivity contribution in [2.75, 3.05) is 0 Å². The lowest BCUT2D eigenvalue weighted by atomic mass is 10.1. The molecule has 0 spiro atoms. The Bertz CT molecular complexity index is 469. The first kappa shape index (κ1) is 15.0.